The Kier molecular flexibility index (Phi) is 5.64. The van der Waals surface area contributed by atoms with Crippen LogP contribution in [0.5, 0.6) is 0 Å². The quantitative estimate of drug-likeness (QED) is 0.707. The topological polar surface area (TPSA) is 23.6 Å². The fourth-order valence-electron chi connectivity index (χ4n) is 2.31. The van der Waals surface area contributed by atoms with Crippen molar-refractivity contribution < 1.29 is 4.79 Å². The monoisotopic (exact) mass is 226 g/mol. The Morgan fingerprint density at radius 2 is 1.75 bits per heavy atom. The van der Waals surface area contributed by atoms with Crippen molar-refractivity contribution in [1.82, 2.24) is 9.80 Å². The molecule has 1 fully saturated rings. The molecule has 0 aliphatic carbocycles. The van der Waals surface area contributed by atoms with Gasteiger partial charge in [-0.05, 0) is 25.7 Å². The molecule has 1 heterocycles. The molecule has 3 heteroatoms. The molecule has 0 saturated carbocycles. The molecule has 0 unspecified atom stereocenters. The fraction of sp³-hybridized carbons (Fsp3) is 0.923. The molecule has 0 bridgehead atoms. The predicted octanol–water partition coefficient (Wildman–Crippen LogP) is 2.96. The lowest BCUT2D eigenvalue weighted by Crippen LogP contribution is -2.43. The molecule has 0 aromatic carbocycles. The van der Waals surface area contributed by atoms with E-state index in [1.165, 1.54) is 25.7 Å². The maximum absolute atomic E-state index is 12.2. The van der Waals surface area contributed by atoms with E-state index in [1.54, 1.807) is 0 Å². The highest BCUT2D eigenvalue weighted by Crippen LogP contribution is 2.14. The summed E-state index contributed by atoms with van der Waals surface area (Å²) in [7, 11) is 0. The van der Waals surface area contributed by atoms with Crippen LogP contribution in [0.2, 0.25) is 0 Å². The van der Waals surface area contributed by atoms with E-state index >= 15 is 0 Å². The molecule has 2 amide bonds. The maximum atomic E-state index is 12.2. The smallest absolute Gasteiger partial charge is 0.319 e. The zero-order valence-corrected chi connectivity index (χ0v) is 11.0. The summed E-state index contributed by atoms with van der Waals surface area (Å²) in [4.78, 5) is 16.2. The van der Waals surface area contributed by atoms with Gasteiger partial charge in [0.2, 0.25) is 0 Å². The van der Waals surface area contributed by atoms with Crippen molar-refractivity contribution in [2.24, 2.45) is 5.92 Å². The minimum Gasteiger partial charge on any atom is -0.325 e. The van der Waals surface area contributed by atoms with Crippen LogP contribution >= 0.6 is 0 Å². The van der Waals surface area contributed by atoms with Gasteiger partial charge in [-0.2, -0.15) is 0 Å². The predicted molar refractivity (Wildman–Crippen MR) is 67.5 cm³/mol. The summed E-state index contributed by atoms with van der Waals surface area (Å²) in [5, 5.41) is 0. The van der Waals surface area contributed by atoms with E-state index in [0.29, 0.717) is 5.92 Å². The van der Waals surface area contributed by atoms with Gasteiger partial charge < -0.3 is 9.80 Å². The lowest BCUT2D eigenvalue weighted by molar-refractivity contribution is 0.155. The molecule has 1 rings (SSSR count). The van der Waals surface area contributed by atoms with Crippen molar-refractivity contribution in [3.63, 3.8) is 0 Å². The number of likely N-dealkylation sites (tertiary alicyclic amines) is 1. The van der Waals surface area contributed by atoms with Gasteiger partial charge in [-0.15, -0.1) is 0 Å². The Hall–Kier alpha value is -0.730. The zero-order chi connectivity index (χ0) is 12.0. The van der Waals surface area contributed by atoms with E-state index < -0.39 is 0 Å². The lowest BCUT2D eigenvalue weighted by atomic mass is 10.0. The van der Waals surface area contributed by atoms with Crippen molar-refractivity contribution in [2.45, 2.75) is 46.5 Å². The Bertz CT molecular complexity index is 208. The van der Waals surface area contributed by atoms with Gasteiger partial charge in [0.1, 0.15) is 0 Å². The van der Waals surface area contributed by atoms with Gasteiger partial charge in [-0.25, -0.2) is 4.79 Å². The molecule has 16 heavy (non-hydrogen) atoms. The van der Waals surface area contributed by atoms with Crippen LogP contribution in [0.4, 0.5) is 4.79 Å². The van der Waals surface area contributed by atoms with Crippen LogP contribution in [0.15, 0.2) is 0 Å². The van der Waals surface area contributed by atoms with E-state index in [0.717, 1.165) is 26.2 Å². The Morgan fingerprint density at radius 3 is 2.19 bits per heavy atom. The molecular weight excluding hydrogens is 200 g/mol. The zero-order valence-electron chi connectivity index (χ0n) is 11.0. The number of amides is 2. The van der Waals surface area contributed by atoms with Gasteiger partial charge in [-0.3, -0.25) is 0 Å². The molecule has 1 aliphatic rings. The van der Waals surface area contributed by atoms with Gasteiger partial charge in [0.15, 0.2) is 0 Å². The number of rotatable bonds is 5. The van der Waals surface area contributed by atoms with Crippen LogP contribution in [0, 0.1) is 5.92 Å². The van der Waals surface area contributed by atoms with E-state index in [4.69, 9.17) is 0 Å². The summed E-state index contributed by atoms with van der Waals surface area (Å²) in [6, 6.07) is 0.256. The summed E-state index contributed by atoms with van der Waals surface area (Å²) in [6.07, 6.45) is 4.68. The first-order chi connectivity index (χ1) is 7.72. The molecular formula is C13H26N2O. The Labute approximate surface area is 99.8 Å². The van der Waals surface area contributed by atoms with Gasteiger partial charge in [0.25, 0.3) is 0 Å². The van der Waals surface area contributed by atoms with Crippen molar-refractivity contribution in [2.75, 3.05) is 26.2 Å². The second-order valence-corrected chi connectivity index (χ2v) is 4.70. The van der Waals surface area contributed by atoms with Crippen LogP contribution in [-0.4, -0.2) is 42.0 Å². The molecule has 94 valence electrons. The molecule has 0 radical (unpaired) electrons. The van der Waals surface area contributed by atoms with Crippen LogP contribution in [0.1, 0.15) is 46.5 Å². The molecule has 1 saturated heterocycles. The third kappa shape index (κ3) is 3.39. The van der Waals surface area contributed by atoms with Crippen molar-refractivity contribution in [3.8, 4) is 0 Å². The van der Waals surface area contributed by atoms with E-state index in [2.05, 4.69) is 20.8 Å². The highest BCUT2D eigenvalue weighted by molar-refractivity contribution is 5.74. The molecule has 3 nitrogen and oxygen atoms in total. The summed E-state index contributed by atoms with van der Waals surface area (Å²) in [5.74, 6) is 0.659. The molecule has 0 atom stereocenters. The fourth-order valence-corrected chi connectivity index (χ4v) is 2.31. The first-order valence-electron chi connectivity index (χ1n) is 6.76. The number of carbonyl (C=O) groups excluding carboxylic acids is 1. The summed E-state index contributed by atoms with van der Waals surface area (Å²) < 4.78 is 0. The molecule has 1 aliphatic heterocycles. The average Bonchev–Trinajstić information content (AvgIpc) is 2.83. The summed E-state index contributed by atoms with van der Waals surface area (Å²) in [6.45, 7) is 10.2. The summed E-state index contributed by atoms with van der Waals surface area (Å²) >= 11 is 0. The Balaban J connectivity index is 2.48. The van der Waals surface area contributed by atoms with Crippen molar-refractivity contribution >= 4 is 6.03 Å². The molecule has 0 N–H and O–H groups in total. The molecule has 0 aromatic heterocycles. The van der Waals surface area contributed by atoms with E-state index in [1.807, 2.05) is 9.80 Å². The van der Waals surface area contributed by atoms with Crippen molar-refractivity contribution in [1.29, 1.82) is 0 Å². The van der Waals surface area contributed by atoms with Crippen LogP contribution in [0.3, 0.4) is 0 Å². The number of carbonyl (C=O) groups is 1. The SMILES string of the molecule is CCC(CC)CN(CC)C(=O)N1CCCC1. The number of urea groups is 1. The second-order valence-electron chi connectivity index (χ2n) is 4.70. The first-order valence-corrected chi connectivity index (χ1v) is 6.76. The third-order valence-corrected chi connectivity index (χ3v) is 3.66. The van der Waals surface area contributed by atoms with Gasteiger partial charge in [-0.1, -0.05) is 26.7 Å². The lowest BCUT2D eigenvalue weighted by Gasteiger charge is -2.29. The highest BCUT2D eigenvalue weighted by atomic mass is 16.2. The summed E-state index contributed by atoms with van der Waals surface area (Å²) in [5.41, 5.74) is 0. The Morgan fingerprint density at radius 1 is 1.19 bits per heavy atom. The van der Waals surface area contributed by atoms with Crippen LogP contribution in [0.25, 0.3) is 0 Å². The largest absolute Gasteiger partial charge is 0.325 e. The standard InChI is InChI=1S/C13H26N2O/c1-4-12(5-2)11-14(6-3)13(16)15-9-7-8-10-15/h12H,4-11H2,1-3H3. The number of nitrogens with zero attached hydrogens (tertiary/aromatic N) is 2. The third-order valence-electron chi connectivity index (χ3n) is 3.66. The van der Waals surface area contributed by atoms with Gasteiger partial charge in [0, 0.05) is 26.2 Å². The highest BCUT2D eigenvalue weighted by Gasteiger charge is 2.23. The molecule has 0 aromatic rings. The van der Waals surface area contributed by atoms with E-state index in [9.17, 15) is 4.79 Å². The van der Waals surface area contributed by atoms with Gasteiger partial charge in [0.05, 0.1) is 0 Å². The minimum atomic E-state index is 0.256. The average molecular weight is 226 g/mol. The van der Waals surface area contributed by atoms with Gasteiger partial charge >= 0.3 is 6.03 Å². The normalized spacial score (nSPS) is 15.9. The maximum Gasteiger partial charge on any atom is 0.319 e. The molecule has 0 spiro atoms. The number of hydrogen-bond donors (Lipinski definition) is 0. The van der Waals surface area contributed by atoms with Crippen LogP contribution < -0.4 is 0 Å². The van der Waals surface area contributed by atoms with Crippen LogP contribution in [-0.2, 0) is 0 Å². The number of hydrogen-bond acceptors (Lipinski definition) is 1. The second kappa shape index (κ2) is 6.77. The van der Waals surface area contributed by atoms with E-state index in [-0.39, 0.29) is 6.03 Å². The minimum absolute atomic E-state index is 0.256. The first kappa shape index (κ1) is 13.3. The van der Waals surface area contributed by atoms with Crippen molar-refractivity contribution in [3.05, 3.63) is 0 Å².